The van der Waals surface area contributed by atoms with E-state index in [1.54, 1.807) is 32.0 Å². The molecule has 0 bridgehead atoms. The van der Waals surface area contributed by atoms with Gasteiger partial charge in [-0.2, -0.15) is 5.10 Å². The molecule has 1 aliphatic rings. The number of hydrogen-bond acceptors (Lipinski definition) is 4. The van der Waals surface area contributed by atoms with Crippen molar-refractivity contribution in [2.24, 2.45) is 0 Å². The molecule has 26 heavy (non-hydrogen) atoms. The van der Waals surface area contributed by atoms with Gasteiger partial charge in [0, 0.05) is 16.6 Å². The maximum Gasteiger partial charge on any atom is 0.280 e. The van der Waals surface area contributed by atoms with Crippen LogP contribution in [0.5, 0.6) is 0 Å². The number of anilines is 1. The summed E-state index contributed by atoms with van der Waals surface area (Å²) < 4.78 is 27.8. The number of hydrogen-bond donors (Lipinski definition) is 3. The zero-order valence-electron chi connectivity index (χ0n) is 14.1. The van der Waals surface area contributed by atoms with Gasteiger partial charge in [0.05, 0.1) is 17.3 Å². The highest BCUT2D eigenvalue weighted by molar-refractivity contribution is 6.35. The lowest BCUT2D eigenvalue weighted by atomic mass is 10.0. The fraction of sp³-hybridized carbons (Fsp3) is 0.353. The number of alkyl halides is 2. The van der Waals surface area contributed by atoms with E-state index in [-0.39, 0.29) is 12.2 Å². The second-order valence-electron chi connectivity index (χ2n) is 6.60. The molecule has 1 aliphatic heterocycles. The Hall–Kier alpha value is -1.67. The molecule has 5 nitrogen and oxygen atoms in total. The van der Waals surface area contributed by atoms with Crippen molar-refractivity contribution in [3.63, 3.8) is 0 Å². The van der Waals surface area contributed by atoms with Crippen molar-refractivity contribution in [2.45, 2.75) is 38.6 Å². The lowest BCUT2D eigenvalue weighted by molar-refractivity contribution is 0.137. The van der Waals surface area contributed by atoms with Gasteiger partial charge in [-0.1, -0.05) is 29.3 Å². The van der Waals surface area contributed by atoms with E-state index in [4.69, 9.17) is 23.2 Å². The monoisotopic (exact) mass is 402 g/mol. The predicted molar refractivity (Wildman–Crippen MR) is 98.5 cm³/mol. The minimum Gasteiger partial charge on any atom is -0.374 e. The van der Waals surface area contributed by atoms with Crippen LogP contribution in [-0.4, -0.2) is 26.9 Å². The van der Waals surface area contributed by atoms with E-state index in [0.717, 1.165) is 10.2 Å². The maximum absolute atomic E-state index is 13.3. The van der Waals surface area contributed by atoms with E-state index in [1.807, 2.05) is 0 Å². The molecule has 0 aliphatic carbocycles. The van der Waals surface area contributed by atoms with Crippen molar-refractivity contribution in [2.75, 3.05) is 5.32 Å². The summed E-state index contributed by atoms with van der Waals surface area (Å²) in [6.45, 7) is 3.80. The first-order valence-corrected chi connectivity index (χ1v) is 8.66. The first-order chi connectivity index (χ1) is 12.2. The van der Waals surface area contributed by atoms with Crippen LogP contribution in [0.25, 0.3) is 5.70 Å². The number of aromatic nitrogens is 2. The SMILES string of the molecule is CC1(C)C=C(C(F)F)n2ncc(C(O)NCc3ccc(Cl)cc3Cl)c2N1. The summed E-state index contributed by atoms with van der Waals surface area (Å²) in [5.74, 6) is 0.329. The van der Waals surface area contributed by atoms with Gasteiger partial charge >= 0.3 is 0 Å². The molecule has 0 spiro atoms. The third kappa shape index (κ3) is 3.86. The summed E-state index contributed by atoms with van der Waals surface area (Å²) in [4.78, 5) is 0. The van der Waals surface area contributed by atoms with Crippen LogP contribution in [0, 0.1) is 0 Å². The Morgan fingerprint density at radius 1 is 1.35 bits per heavy atom. The maximum atomic E-state index is 13.3. The molecule has 3 N–H and O–H groups in total. The highest BCUT2D eigenvalue weighted by Crippen LogP contribution is 2.34. The Balaban J connectivity index is 1.82. The highest BCUT2D eigenvalue weighted by Gasteiger charge is 2.32. The molecule has 140 valence electrons. The van der Waals surface area contributed by atoms with Crippen molar-refractivity contribution in [1.82, 2.24) is 15.1 Å². The van der Waals surface area contributed by atoms with Gasteiger partial charge in [-0.15, -0.1) is 0 Å². The van der Waals surface area contributed by atoms with Crippen LogP contribution in [0.4, 0.5) is 14.6 Å². The highest BCUT2D eigenvalue weighted by atomic mass is 35.5. The second-order valence-corrected chi connectivity index (χ2v) is 7.44. The number of nitrogens with one attached hydrogen (secondary N) is 2. The summed E-state index contributed by atoms with van der Waals surface area (Å²) in [5.41, 5.74) is 0.199. The summed E-state index contributed by atoms with van der Waals surface area (Å²) in [5, 5.41) is 21.5. The van der Waals surface area contributed by atoms with Crippen molar-refractivity contribution >= 4 is 34.7 Å². The third-order valence-electron chi connectivity index (χ3n) is 4.01. The fourth-order valence-corrected chi connectivity index (χ4v) is 3.27. The van der Waals surface area contributed by atoms with Crippen LogP contribution in [0.2, 0.25) is 10.0 Å². The molecule has 1 atom stereocenters. The Morgan fingerprint density at radius 2 is 2.08 bits per heavy atom. The summed E-state index contributed by atoms with van der Waals surface area (Å²) >= 11 is 12.0. The second kappa shape index (κ2) is 7.15. The summed E-state index contributed by atoms with van der Waals surface area (Å²) in [6.07, 6.45) is -1.01. The largest absolute Gasteiger partial charge is 0.374 e. The van der Waals surface area contributed by atoms with Crippen LogP contribution < -0.4 is 10.6 Å². The normalized spacial score (nSPS) is 16.8. The number of aliphatic hydroxyl groups excluding tert-OH is 1. The van der Waals surface area contributed by atoms with Crippen molar-refractivity contribution < 1.29 is 13.9 Å². The van der Waals surface area contributed by atoms with Gasteiger partial charge in [-0.25, -0.2) is 13.5 Å². The molecular formula is C17H18Cl2F2N4O. The van der Waals surface area contributed by atoms with E-state index < -0.39 is 18.2 Å². The molecule has 0 amide bonds. The van der Waals surface area contributed by atoms with Crippen LogP contribution in [0.1, 0.15) is 31.2 Å². The summed E-state index contributed by atoms with van der Waals surface area (Å²) in [6, 6.07) is 5.05. The minimum absolute atomic E-state index is 0.219. The average molecular weight is 403 g/mol. The first kappa shape index (κ1) is 19.1. The summed E-state index contributed by atoms with van der Waals surface area (Å²) in [7, 11) is 0. The Bertz CT molecular complexity index is 851. The number of fused-ring (bicyclic) bond motifs is 1. The van der Waals surface area contributed by atoms with Gasteiger partial charge in [0.1, 0.15) is 17.7 Å². The Labute approximate surface area is 159 Å². The average Bonchev–Trinajstić information content (AvgIpc) is 2.95. The predicted octanol–water partition coefficient (Wildman–Crippen LogP) is 4.28. The van der Waals surface area contributed by atoms with Gasteiger partial charge in [0.25, 0.3) is 6.43 Å². The molecule has 9 heteroatoms. The Kier molecular flexibility index (Phi) is 5.25. The standard InChI is InChI=1S/C17H18Cl2F2N4O/c1-17(2)6-13(14(20)21)25-15(24-17)11(8-23-25)16(26)22-7-9-3-4-10(18)5-12(9)19/h3-6,8,14,16,22,24,26H,7H2,1-2H3. The van der Waals surface area contributed by atoms with Gasteiger partial charge in [-0.05, 0) is 37.6 Å². The fourth-order valence-electron chi connectivity index (χ4n) is 2.79. The van der Waals surface area contributed by atoms with E-state index in [0.29, 0.717) is 21.4 Å². The van der Waals surface area contributed by atoms with E-state index in [2.05, 4.69) is 15.7 Å². The smallest absolute Gasteiger partial charge is 0.280 e. The molecule has 0 saturated carbocycles. The minimum atomic E-state index is -2.68. The molecule has 2 heterocycles. The van der Waals surface area contributed by atoms with Crippen LogP contribution in [-0.2, 0) is 6.54 Å². The van der Waals surface area contributed by atoms with Gasteiger partial charge in [0.2, 0.25) is 0 Å². The van der Waals surface area contributed by atoms with Crippen LogP contribution in [0.3, 0.4) is 0 Å². The van der Waals surface area contributed by atoms with Crippen LogP contribution >= 0.6 is 23.2 Å². The number of nitrogens with zero attached hydrogens (tertiary/aromatic N) is 2. The molecule has 0 radical (unpaired) electrons. The van der Waals surface area contributed by atoms with Crippen molar-refractivity contribution in [3.8, 4) is 0 Å². The number of rotatable bonds is 5. The molecule has 0 fully saturated rings. The lowest BCUT2D eigenvalue weighted by Gasteiger charge is -2.31. The number of halogens is 4. The van der Waals surface area contributed by atoms with E-state index in [1.165, 1.54) is 12.3 Å². The van der Waals surface area contributed by atoms with Gasteiger partial charge in [-0.3, -0.25) is 5.32 Å². The van der Waals surface area contributed by atoms with E-state index in [9.17, 15) is 13.9 Å². The molecule has 1 aromatic heterocycles. The lowest BCUT2D eigenvalue weighted by Crippen LogP contribution is -2.36. The molecule has 3 rings (SSSR count). The van der Waals surface area contributed by atoms with E-state index >= 15 is 0 Å². The molecule has 2 aromatic rings. The first-order valence-electron chi connectivity index (χ1n) is 7.91. The topological polar surface area (TPSA) is 62.1 Å². The third-order valence-corrected chi connectivity index (χ3v) is 4.60. The zero-order valence-corrected chi connectivity index (χ0v) is 15.6. The zero-order chi connectivity index (χ0) is 19.1. The Morgan fingerprint density at radius 3 is 2.73 bits per heavy atom. The number of aliphatic hydroxyl groups is 1. The number of benzene rings is 1. The molecule has 1 aromatic carbocycles. The molecular weight excluding hydrogens is 385 g/mol. The quantitative estimate of drug-likeness (QED) is 0.653. The molecule has 0 saturated heterocycles. The van der Waals surface area contributed by atoms with Crippen molar-refractivity contribution in [3.05, 3.63) is 51.6 Å². The van der Waals surface area contributed by atoms with Crippen molar-refractivity contribution in [1.29, 1.82) is 0 Å². The van der Waals surface area contributed by atoms with Gasteiger partial charge < -0.3 is 10.4 Å². The van der Waals surface area contributed by atoms with Gasteiger partial charge in [0.15, 0.2) is 0 Å². The molecule has 1 unspecified atom stereocenters. The number of allylic oxidation sites excluding steroid dienone is 1. The van der Waals surface area contributed by atoms with Crippen LogP contribution in [0.15, 0.2) is 30.5 Å².